The normalized spacial score (nSPS) is 12.1. The van der Waals surface area contributed by atoms with Crippen LogP contribution >= 0.6 is 24.0 Å². The lowest BCUT2D eigenvalue weighted by Crippen LogP contribution is -2.42. The van der Waals surface area contributed by atoms with Gasteiger partial charge in [0.2, 0.25) is 10.0 Å². The summed E-state index contributed by atoms with van der Waals surface area (Å²) >= 11 is 0. The maximum absolute atomic E-state index is 11.1. The summed E-state index contributed by atoms with van der Waals surface area (Å²) in [7, 11) is -3.17. The standard InChI is InChI=1S/C15H31N7O2S.HI/c1-5-14-21-19-12-22(14)11-10-18-15(16-7-6-13(2)3)17-8-9-20-25(4,23)24;/h12-13,20H,5-11H2,1-4H3,(H2,16,17,18);1H. The minimum atomic E-state index is -3.17. The number of aryl methyl sites for hydroxylation is 1. The number of hydrogen-bond donors (Lipinski definition) is 3. The Balaban J connectivity index is 0.00000625. The lowest BCUT2D eigenvalue weighted by molar-refractivity contribution is 0.583. The van der Waals surface area contributed by atoms with Gasteiger partial charge in [-0.15, -0.1) is 34.2 Å². The molecule has 1 aromatic heterocycles. The molecule has 3 N–H and O–H groups in total. The van der Waals surface area contributed by atoms with E-state index in [2.05, 4.69) is 44.4 Å². The molecular formula is C15H32IN7O2S. The predicted octanol–water partition coefficient (Wildman–Crippen LogP) is 0.589. The van der Waals surface area contributed by atoms with Crippen molar-refractivity contribution in [1.29, 1.82) is 0 Å². The second-order valence-corrected chi connectivity index (χ2v) is 8.06. The average Bonchev–Trinajstić information content (AvgIpc) is 2.97. The van der Waals surface area contributed by atoms with Gasteiger partial charge in [0.15, 0.2) is 5.96 Å². The molecule has 0 aromatic carbocycles. The molecule has 0 aliphatic heterocycles. The summed E-state index contributed by atoms with van der Waals surface area (Å²) in [5, 5.41) is 14.4. The third kappa shape index (κ3) is 11.6. The van der Waals surface area contributed by atoms with Crippen molar-refractivity contribution >= 4 is 40.0 Å². The molecule has 0 fully saturated rings. The molecule has 0 saturated carbocycles. The van der Waals surface area contributed by atoms with Crippen molar-refractivity contribution in [3.05, 3.63) is 12.2 Å². The highest BCUT2D eigenvalue weighted by Crippen LogP contribution is 1.98. The van der Waals surface area contributed by atoms with Crippen molar-refractivity contribution in [3.8, 4) is 0 Å². The van der Waals surface area contributed by atoms with Gasteiger partial charge in [-0.1, -0.05) is 20.8 Å². The van der Waals surface area contributed by atoms with Crippen LogP contribution in [0.15, 0.2) is 11.3 Å². The van der Waals surface area contributed by atoms with Crippen LogP contribution in [0.2, 0.25) is 0 Å². The Bertz CT molecular complexity index is 632. The molecular weight excluding hydrogens is 469 g/mol. The van der Waals surface area contributed by atoms with E-state index in [4.69, 9.17) is 0 Å². The fourth-order valence-electron chi connectivity index (χ4n) is 2.06. The highest BCUT2D eigenvalue weighted by molar-refractivity contribution is 14.0. The number of sulfonamides is 1. The molecule has 0 saturated heterocycles. The molecule has 1 aromatic rings. The van der Waals surface area contributed by atoms with Crippen molar-refractivity contribution in [2.45, 2.75) is 40.2 Å². The zero-order chi connectivity index (χ0) is 18.7. The number of guanidine groups is 1. The van der Waals surface area contributed by atoms with Gasteiger partial charge in [0, 0.05) is 39.1 Å². The molecule has 0 radical (unpaired) electrons. The van der Waals surface area contributed by atoms with Crippen molar-refractivity contribution in [1.82, 2.24) is 30.1 Å². The van der Waals surface area contributed by atoms with Crippen molar-refractivity contribution in [2.24, 2.45) is 10.9 Å². The van der Waals surface area contributed by atoms with Crippen molar-refractivity contribution < 1.29 is 8.42 Å². The van der Waals surface area contributed by atoms with Gasteiger partial charge >= 0.3 is 0 Å². The highest BCUT2D eigenvalue weighted by Gasteiger charge is 2.04. The molecule has 0 bridgehead atoms. The van der Waals surface area contributed by atoms with Gasteiger partial charge in [0.1, 0.15) is 12.2 Å². The Labute approximate surface area is 173 Å². The smallest absolute Gasteiger partial charge is 0.208 e. The van der Waals surface area contributed by atoms with Crippen LogP contribution in [0.4, 0.5) is 0 Å². The van der Waals surface area contributed by atoms with Gasteiger partial charge in [-0.3, -0.25) is 4.99 Å². The first-order valence-corrected chi connectivity index (χ1v) is 10.5. The van der Waals surface area contributed by atoms with Crippen LogP contribution in [-0.4, -0.2) is 61.6 Å². The van der Waals surface area contributed by atoms with E-state index in [9.17, 15) is 8.42 Å². The first kappa shape index (κ1) is 25.1. The summed E-state index contributed by atoms with van der Waals surface area (Å²) < 4.78 is 26.6. The van der Waals surface area contributed by atoms with Crippen LogP contribution in [0.5, 0.6) is 0 Å². The van der Waals surface area contributed by atoms with Crippen LogP contribution < -0.4 is 15.4 Å². The lowest BCUT2D eigenvalue weighted by atomic mass is 10.1. The monoisotopic (exact) mass is 501 g/mol. The Kier molecular flexibility index (Phi) is 12.8. The zero-order valence-corrected chi connectivity index (χ0v) is 19.2. The summed E-state index contributed by atoms with van der Waals surface area (Å²) in [5.74, 6) is 2.22. The summed E-state index contributed by atoms with van der Waals surface area (Å²) in [6, 6.07) is 0. The predicted molar refractivity (Wildman–Crippen MR) is 115 cm³/mol. The number of aliphatic imine (C=N–C) groups is 1. The molecule has 26 heavy (non-hydrogen) atoms. The number of rotatable bonds is 11. The number of nitrogens with zero attached hydrogens (tertiary/aromatic N) is 4. The van der Waals surface area contributed by atoms with E-state index in [1.54, 1.807) is 6.33 Å². The van der Waals surface area contributed by atoms with Gasteiger partial charge in [0.05, 0.1) is 6.26 Å². The van der Waals surface area contributed by atoms with E-state index in [0.29, 0.717) is 31.5 Å². The third-order valence-electron chi connectivity index (χ3n) is 3.42. The minimum Gasteiger partial charge on any atom is -0.355 e. The van der Waals surface area contributed by atoms with E-state index in [0.717, 1.165) is 38.0 Å². The SMILES string of the molecule is CCc1nncn1CCNC(=NCCC(C)C)NCCNS(C)(=O)=O.I. The second kappa shape index (κ2) is 13.3. The molecule has 0 unspecified atom stereocenters. The molecule has 152 valence electrons. The van der Waals surface area contributed by atoms with Crippen LogP contribution in [0.3, 0.4) is 0 Å². The van der Waals surface area contributed by atoms with Crippen LogP contribution in [-0.2, 0) is 23.0 Å². The summed E-state index contributed by atoms with van der Waals surface area (Å²) in [4.78, 5) is 4.54. The minimum absolute atomic E-state index is 0. The maximum atomic E-state index is 11.1. The van der Waals surface area contributed by atoms with Crippen molar-refractivity contribution in [3.63, 3.8) is 0 Å². The van der Waals surface area contributed by atoms with Crippen molar-refractivity contribution in [2.75, 3.05) is 32.4 Å². The first-order valence-electron chi connectivity index (χ1n) is 8.65. The topological polar surface area (TPSA) is 113 Å². The van der Waals surface area contributed by atoms with Gasteiger partial charge < -0.3 is 15.2 Å². The average molecular weight is 501 g/mol. The van der Waals surface area contributed by atoms with E-state index >= 15 is 0 Å². The van der Waals surface area contributed by atoms with Crippen LogP contribution in [0.25, 0.3) is 0 Å². The molecule has 0 amide bonds. The molecule has 0 aliphatic rings. The molecule has 1 heterocycles. The van der Waals surface area contributed by atoms with Gasteiger partial charge in [-0.2, -0.15) is 0 Å². The third-order valence-corrected chi connectivity index (χ3v) is 4.14. The van der Waals surface area contributed by atoms with Crippen LogP contribution in [0, 0.1) is 5.92 Å². The fourth-order valence-corrected chi connectivity index (χ4v) is 2.53. The quantitative estimate of drug-likeness (QED) is 0.177. The highest BCUT2D eigenvalue weighted by atomic mass is 127. The number of halogens is 1. The Morgan fingerprint density at radius 2 is 1.96 bits per heavy atom. The molecule has 0 atom stereocenters. The van der Waals surface area contributed by atoms with E-state index < -0.39 is 10.0 Å². The Hall–Kier alpha value is -0.950. The van der Waals surface area contributed by atoms with Gasteiger partial charge in [0.25, 0.3) is 0 Å². The Morgan fingerprint density at radius 1 is 1.27 bits per heavy atom. The Morgan fingerprint density at radius 3 is 2.58 bits per heavy atom. The lowest BCUT2D eigenvalue weighted by Gasteiger charge is -2.14. The van der Waals surface area contributed by atoms with E-state index in [1.165, 1.54) is 0 Å². The summed E-state index contributed by atoms with van der Waals surface area (Å²) in [6.07, 6.45) is 4.71. The summed E-state index contributed by atoms with van der Waals surface area (Å²) in [6.45, 7) is 9.28. The molecule has 11 heteroatoms. The van der Waals surface area contributed by atoms with Gasteiger partial charge in [-0.25, -0.2) is 13.1 Å². The van der Waals surface area contributed by atoms with E-state index in [1.807, 2.05) is 11.5 Å². The number of nitrogens with one attached hydrogen (secondary N) is 3. The second-order valence-electron chi connectivity index (χ2n) is 6.23. The fraction of sp³-hybridized carbons (Fsp3) is 0.800. The number of aromatic nitrogens is 3. The molecule has 0 spiro atoms. The largest absolute Gasteiger partial charge is 0.355 e. The van der Waals surface area contributed by atoms with E-state index in [-0.39, 0.29) is 24.0 Å². The number of hydrogen-bond acceptors (Lipinski definition) is 5. The van der Waals surface area contributed by atoms with Crippen LogP contribution in [0.1, 0.15) is 33.0 Å². The maximum Gasteiger partial charge on any atom is 0.208 e. The molecule has 9 nitrogen and oxygen atoms in total. The van der Waals surface area contributed by atoms with Gasteiger partial charge in [-0.05, 0) is 12.3 Å². The molecule has 1 rings (SSSR count). The first-order chi connectivity index (χ1) is 11.8. The summed E-state index contributed by atoms with van der Waals surface area (Å²) in [5.41, 5.74) is 0. The zero-order valence-electron chi connectivity index (χ0n) is 16.0. The molecule has 0 aliphatic carbocycles.